The van der Waals surface area contributed by atoms with Crippen LogP contribution in [0.2, 0.25) is 10.0 Å². The highest BCUT2D eigenvalue weighted by molar-refractivity contribution is 6.42. The third kappa shape index (κ3) is 4.49. The summed E-state index contributed by atoms with van der Waals surface area (Å²) in [5.41, 5.74) is 4.82. The zero-order valence-corrected chi connectivity index (χ0v) is 20.5. The SMILES string of the molecule is CC1=C(C(=O)Nc2cccnc2)C(c2cccc(Cl)c2Cl)C2=C(CC(c3ccccc3)CC2=O)N1. The summed E-state index contributed by atoms with van der Waals surface area (Å²) < 4.78 is 0. The Balaban J connectivity index is 1.61. The van der Waals surface area contributed by atoms with Crippen LogP contribution in [0.4, 0.5) is 5.69 Å². The Bertz CT molecular complexity index is 1370. The average Bonchev–Trinajstić information content (AvgIpc) is 2.86. The summed E-state index contributed by atoms with van der Waals surface area (Å²) in [6.07, 6.45) is 4.23. The molecule has 5 nitrogen and oxygen atoms in total. The van der Waals surface area contributed by atoms with Gasteiger partial charge in [-0.2, -0.15) is 0 Å². The van der Waals surface area contributed by atoms with E-state index in [2.05, 4.69) is 15.6 Å². The highest BCUT2D eigenvalue weighted by Gasteiger charge is 2.41. The Kier molecular flexibility index (Phi) is 6.46. The van der Waals surface area contributed by atoms with Gasteiger partial charge in [0.25, 0.3) is 5.91 Å². The van der Waals surface area contributed by atoms with Crippen molar-refractivity contribution in [1.82, 2.24) is 10.3 Å². The molecule has 2 heterocycles. The maximum Gasteiger partial charge on any atom is 0.254 e. The number of halogens is 2. The van der Waals surface area contributed by atoms with Gasteiger partial charge in [-0.25, -0.2) is 0 Å². The first-order chi connectivity index (χ1) is 16.9. The lowest BCUT2D eigenvalue weighted by molar-refractivity contribution is -0.116. The zero-order chi connectivity index (χ0) is 24.5. The van der Waals surface area contributed by atoms with Crippen LogP contribution in [0.1, 0.15) is 42.7 Å². The number of rotatable bonds is 4. The van der Waals surface area contributed by atoms with E-state index < -0.39 is 5.92 Å². The van der Waals surface area contributed by atoms with Crippen molar-refractivity contribution in [2.75, 3.05) is 5.32 Å². The van der Waals surface area contributed by atoms with E-state index in [0.29, 0.717) is 51.0 Å². The van der Waals surface area contributed by atoms with Gasteiger partial charge in [0.05, 0.1) is 21.9 Å². The predicted octanol–water partition coefficient (Wildman–Crippen LogP) is 6.39. The Morgan fingerprint density at radius 3 is 2.57 bits per heavy atom. The maximum absolute atomic E-state index is 13.7. The van der Waals surface area contributed by atoms with Crippen LogP contribution >= 0.6 is 23.2 Å². The number of nitrogens with zero attached hydrogens (tertiary/aromatic N) is 1. The number of anilines is 1. The number of hydrogen-bond donors (Lipinski definition) is 2. The van der Waals surface area contributed by atoms with Gasteiger partial charge in [-0.1, -0.05) is 65.7 Å². The van der Waals surface area contributed by atoms with Gasteiger partial charge in [0.2, 0.25) is 0 Å². The molecule has 0 saturated carbocycles. The minimum Gasteiger partial charge on any atom is -0.362 e. The van der Waals surface area contributed by atoms with E-state index in [0.717, 1.165) is 11.3 Å². The summed E-state index contributed by atoms with van der Waals surface area (Å²) >= 11 is 13.0. The molecule has 5 rings (SSSR count). The first-order valence-corrected chi connectivity index (χ1v) is 12.1. The number of carbonyl (C=O) groups is 2. The molecule has 176 valence electrons. The second-order valence-corrected chi connectivity index (χ2v) is 9.55. The number of benzene rings is 2. The molecule has 0 saturated heterocycles. The van der Waals surface area contributed by atoms with Crippen LogP contribution in [0.25, 0.3) is 0 Å². The lowest BCUT2D eigenvalue weighted by Gasteiger charge is -2.37. The van der Waals surface area contributed by atoms with Gasteiger partial charge in [-0.3, -0.25) is 14.6 Å². The molecule has 1 aromatic heterocycles. The van der Waals surface area contributed by atoms with Crippen molar-refractivity contribution >= 4 is 40.6 Å². The molecule has 2 unspecified atom stereocenters. The summed E-state index contributed by atoms with van der Waals surface area (Å²) in [6, 6.07) is 18.9. The van der Waals surface area contributed by atoms with Gasteiger partial charge in [0.15, 0.2) is 5.78 Å². The molecule has 2 aliphatic rings. The number of hydrogen-bond acceptors (Lipinski definition) is 4. The highest BCUT2D eigenvalue weighted by atomic mass is 35.5. The third-order valence-electron chi connectivity index (χ3n) is 6.56. The smallest absolute Gasteiger partial charge is 0.254 e. The van der Waals surface area contributed by atoms with Crippen molar-refractivity contribution in [3.05, 3.63) is 117 Å². The van der Waals surface area contributed by atoms with Crippen LogP contribution in [0, 0.1) is 0 Å². The van der Waals surface area contributed by atoms with Crippen molar-refractivity contribution in [2.24, 2.45) is 0 Å². The second kappa shape index (κ2) is 9.68. The first-order valence-electron chi connectivity index (χ1n) is 11.4. The van der Waals surface area contributed by atoms with E-state index in [-0.39, 0.29) is 17.6 Å². The Morgan fingerprint density at radius 2 is 1.83 bits per heavy atom. The molecular formula is C28H23Cl2N3O2. The van der Waals surface area contributed by atoms with Gasteiger partial charge in [-0.15, -0.1) is 0 Å². The fourth-order valence-corrected chi connectivity index (χ4v) is 5.41. The van der Waals surface area contributed by atoms with Crippen molar-refractivity contribution in [3.8, 4) is 0 Å². The lowest BCUT2D eigenvalue weighted by Crippen LogP contribution is -2.37. The molecule has 1 aliphatic carbocycles. The minimum absolute atomic E-state index is 0.00665. The molecule has 1 aliphatic heterocycles. The van der Waals surface area contributed by atoms with Gasteiger partial charge in [0, 0.05) is 41.1 Å². The maximum atomic E-state index is 13.7. The van der Waals surface area contributed by atoms with E-state index in [1.165, 1.54) is 0 Å². The quantitative estimate of drug-likeness (QED) is 0.432. The van der Waals surface area contributed by atoms with Crippen LogP contribution in [0.15, 0.2) is 95.6 Å². The van der Waals surface area contributed by atoms with Crippen LogP contribution < -0.4 is 10.6 Å². The van der Waals surface area contributed by atoms with E-state index >= 15 is 0 Å². The number of nitrogens with one attached hydrogen (secondary N) is 2. The van der Waals surface area contributed by atoms with Crippen LogP contribution in [-0.4, -0.2) is 16.7 Å². The summed E-state index contributed by atoms with van der Waals surface area (Å²) in [7, 11) is 0. The molecule has 2 atom stereocenters. The molecular weight excluding hydrogens is 481 g/mol. The fourth-order valence-electron chi connectivity index (χ4n) is 4.99. The average molecular weight is 504 g/mol. The summed E-state index contributed by atoms with van der Waals surface area (Å²) in [5, 5.41) is 7.01. The monoisotopic (exact) mass is 503 g/mol. The topological polar surface area (TPSA) is 71.1 Å². The number of Topliss-reactive ketones (excluding diaryl/α,β-unsaturated/α-hetero) is 1. The van der Waals surface area contributed by atoms with Gasteiger partial charge in [0.1, 0.15) is 0 Å². The summed E-state index contributed by atoms with van der Waals surface area (Å²) in [4.78, 5) is 31.3. The number of amides is 1. The van der Waals surface area contributed by atoms with Crippen LogP contribution in [0.3, 0.4) is 0 Å². The van der Waals surface area contributed by atoms with E-state index in [1.54, 1.807) is 36.7 Å². The molecule has 35 heavy (non-hydrogen) atoms. The molecule has 2 aromatic carbocycles. The third-order valence-corrected chi connectivity index (χ3v) is 7.39. The molecule has 1 amide bonds. The molecule has 0 spiro atoms. The largest absolute Gasteiger partial charge is 0.362 e. The van der Waals surface area contributed by atoms with E-state index in [9.17, 15) is 9.59 Å². The fraction of sp³-hybridized carbons (Fsp3) is 0.179. The molecule has 3 aromatic rings. The Morgan fingerprint density at radius 1 is 1.03 bits per heavy atom. The number of carbonyl (C=O) groups excluding carboxylic acids is 2. The standard InChI is InChI=1S/C28H23Cl2N3O2/c1-16-24(28(35)33-19-9-6-12-31-15-19)25(20-10-5-11-21(29)27(20)30)26-22(32-16)13-18(14-23(26)34)17-7-3-2-4-8-17/h2-12,15,18,25,32H,13-14H2,1H3,(H,33,35). The normalized spacial score (nSPS) is 19.8. The minimum atomic E-state index is -0.640. The predicted molar refractivity (Wildman–Crippen MR) is 138 cm³/mol. The van der Waals surface area contributed by atoms with E-state index in [4.69, 9.17) is 23.2 Å². The summed E-state index contributed by atoms with van der Waals surface area (Å²) in [5.74, 6) is -0.913. The Labute approximate surface area is 213 Å². The number of pyridine rings is 1. The molecule has 2 N–H and O–H groups in total. The van der Waals surface area contributed by atoms with Gasteiger partial charge < -0.3 is 10.6 Å². The van der Waals surface area contributed by atoms with Crippen molar-refractivity contribution in [2.45, 2.75) is 31.6 Å². The number of allylic oxidation sites excluding steroid dienone is 3. The number of aromatic nitrogens is 1. The van der Waals surface area contributed by atoms with Gasteiger partial charge >= 0.3 is 0 Å². The molecule has 7 heteroatoms. The van der Waals surface area contributed by atoms with Gasteiger partial charge in [-0.05, 0) is 48.6 Å². The summed E-state index contributed by atoms with van der Waals surface area (Å²) in [6.45, 7) is 1.85. The van der Waals surface area contributed by atoms with Crippen molar-refractivity contribution in [1.29, 1.82) is 0 Å². The first kappa shape index (κ1) is 23.3. The zero-order valence-electron chi connectivity index (χ0n) is 19.0. The van der Waals surface area contributed by atoms with Crippen LogP contribution in [-0.2, 0) is 9.59 Å². The van der Waals surface area contributed by atoms with Crippen molar-refractivity contribution < 1.29 is 9.59 Å². The van der Waals surface area contributed by atoms with Crippen molar-refractivity contribution in [3.63, 3.8) is 0 Å². The number of dihydropyridines is 1. The highest BCUT2D eigenvalue weighted by Crippen LogP contribution is 2.48. The molecule has 0 fully saturated rings. The lowest BCUT2D eigenvalue weighted by atomic mass is 9.71. The van der Waals surface area contributed by atoms with E-state index in [1.807, 2.05) is 43.3 Å². The Hall–Kier alpha value is -3.41. The van der Waals surface area contributed by atoms with Crippen LogP contribution in [0.5, 0.6) is 0 Å². The molecule has 0 radical (unpaired) electrons. The molecule has 0 bridgehead atoms. The number of ketones is 1. The second-order valence-electron chi connectivity index (χ2n) is 8.77.